The van der Waals surface area contributed by atoms with Crippen LogP contribution >= 0.6 is 27.5 Å². The van der Waals surface area contributed by atoms with Crippen LogP contribution in [0.4, 0.5) is 0 Å². The minimum atomic E-state index is -0.598. The van der Waals surface area contributed by atoms with Crippen molar-refractivity contribution in [1.82, 2.24) is 0 Å². The maximum atomic E-state index is 11.9. The predicted octanol–water partition coefficient (Wildman–Crippen LogP) is 3.89. The van der Waals surface area contributed by atoms with Crippen LogP contribution in [0.1, 0.15) is 10.4 Å². The minimum Gasteiger partial charge on any atom is -0.480 e. The molecule has 2 rings (SSSR count). The highest BCUT2D eigenvalue weighted by Crippen LogP contribution is 2.27. The predicted molar refractivity (Wildman–Crippen MR) is 98.9 cm³/mol. The van der Waals surface area contributed by atoms with Gasteiger partial charge in [0.2, 0.25) is 0 Å². The van der Waals surface area contributed by atoms with Crippen molar-refractivity contribution in [1.29, 1.82) is 0 Å². The van der Waals surface area contributed by atoms with Crippen LogP contribution in [0, 0.1) is 0 Å². The molecule has 0 N–H and O–H groups in total. The summed E-state index contributed by atoms with van der Waals surface area (Å²) in [6, 6.07) is 11.1. The monoisotopic (exact) mass is 442 g/mol. The second-order valence-corrected chi connectivity index (χ2v) is 6.31. The second kappa shape index (κ2) is 10.2. The Morgan fingerprint density at radius 2 is 1.81 bits per heavy atom. The number of halogens is 2. The Labute approximate surface area is 164 Å². The van der Waals surface area contributed by atoms with Gasteiger partial charge in [0.1, 0.15) is 18.1 Å². The van der Waals surface area contributed by atoms with Crippen LogP contribution in [-0.4, -0.2) is 38.9 Å². The van der Waals surface area contributed by atoms with E-state index in [0.717, 1.165) is 4.47 Å². The van der Waals surface area contributed by atoms with Gasteiger partial charge in [0.05, 0.1) is 17.2 Å². The molecule has 0 bridgehead atoms. The SMILES string of the molecule is COCCOC(=O)c1ccc(OC(=O)COc2ccc(Br)cc2Cl)cc1. The van der Waals surface area contributed by atoms with Crippen LogP contribution in [0.2, 0.25) is 5.02 Å². The fourth-order valence-corrected chi connectivity index (χ4v) is 2.58. The van der Waals surface area contributed by atoms with E-state index < -0.39 is 11.9 Å². The Balaban J connectivity index is 1.84. The number of hydrogen-bond donors (Lipinski definition) is 0. The van der Waals surface area contributed by atoms with Crippen molar-refractivity contribution >= 4 is 39.5 Å². The van der Waals surface area contributed by atoms with Crippen molar-refractivity contribution in [3.8, 4) is 11.5 Å². The van der Waals surface area contributed by atoms with E-state index in [1.54, 1.807) is 18.2 Å². The molecule has 8 heteroatoms. The van der Waals surface area contributed by atoms with Crippen molar-refractivity contribution in [2.24, 2.45) is 0 Å². The third-order valence-corrected chi connectivity index (χ3v) is 3.87. The summed E-state index contributed by atoms with van der Waals surface area (Å²) in [5.74, 6) is -0.414. The summed E-state index contributed by atoms with van der Waals surface area (Å²) >= 11 is 9.29. The molecule has 0 saturated heterocycles. The third-order valence-electron chi connectivity index (χ3n) is 3.08. The summed E-state index contributed by atoms with van der Waals surface area (Å²) in [5, 5.41) is 0.378. The van der Waals surface area contributed by atoms with E-state index in [-0.39, 0.29) is 19.0 Å². The summed E-state index contributed by atoms with van der Waals surface area (Å²) in [4.78, 5) is 23.6. The summed E-state index contributed by atoms with van der Waals surface area (Å²) in [7, 11) is 1.52. The molecule has 0 fully saturated rings. The van der Waals surface area contributed by atoms with E-state index in [9.17, 15) is 9.59 Å². The average Bonchev–Trinajstić information content (AvgIpc) is 2.61. The Morgan fingerprint density at radius 3 is 2.46 bits per heavy atom. The van der Waals surface area contributed by atoms with Gasteiger partial charge in [-0.3, -0.25) is 0 Å². The van der Waals surface area contributed by atoms with E-state index >= 15 is 0 Å². The van der Waals surface area contributed by atoms with Crippen LogP contribution in [0.15, 0.2) is 46.9 Å². The smallest absolute Gasteiger partial charge is 0.349 e. The molecule has 26 heavy (non-hydrogen) atoms. The fraction of sp³-hybridized carbons (Fsp3) is 0.222. The van der Waals surface area contributed by atoms with Gasteiger partial charge >= 0.3 is 11.9 Å². The zero-order valence-corrected chi connectivity index (χ0v) is 16.2. The van der Waals surface area contributed by atoms with Gasteiger partial charge in [-0.15, -0.1) is 0 Å². The molecule has 0 spiro atoms. The van der Waals surface area contributed by atoms with Crippen LogP contribution in [0.5, 0.6) is 11.5 Å². The van der Waals surface area contributed by atoms with Gasteiger partial charge in [-0.1, -0.05) is 27.5 Å². The van der Waals surface area contributed by atoms with E-state index in [0.29, 0.717) is 22.9 Å². The number of carbonyl (C=O) groups excluding carboxylic acids is 2. The fourth-order valence-electron chi connectivity index (χ4n) is 1.85. The number of methoxy groups -OCH3 is 1. The number of carbonyl (C=O) groups is 2. The number of rotatable bonds is 8. The molecule has 0 aliphatic carbocycles. The maximum absolute atomic E-state index is 11.9. The largest absolute Gasteiger partial charge is 0.480 e. The summed E-state index contributed by atoms with van der Waals surface area (Å²) < 4.78 is 21.1. The van der Waals surface area contributed by atoms with Crippen LogP contribution in [-0.2, 0) is 14.3 Å². The highest BCUT2D eigenvalue weighted by molar-refractivity contribution is 9.10. The van der Waals surface area contributed by atoms with E-state index in [1.807, 2.05) is 0 Å². The topological polar surface area (TPSA) is 71.1 Å². The Bertz CT molecular complexity index is 763. The first-order valence-electron chi connectivity index (χ1n) is 7.54. The molecule has 2 aromatic carbocycles. The highest BCUT2D eigenvalue weighted by Gasteiger charge is 2.11. The highest BCUT2D eigenvalue weighted by atomic mass is 79.9. The van der Waals surface area contributed by atoms with Gasteiger partial charge < -0.3 is 18.9 Å². The maximum Gasteiger partial charge on any atom is 0.349 e. The number of benzene rings is 2. The van der Waals surface area contributed by atoms with E-state index in [4.69, 9.17) is 30.5 Å². The van der Waals surface area contributed by atoms with Gasteiger partial charge in [0, 0.05) is 11.6 Å². The Morgan fingerprint density at radius 1 is 1.08 bits per heavy atom. The molecule has 0 amide bonds. The molecule has 0 aromatic heterocycles. The third kappa shape index (κ3) is 6.33. The van der Waals surface area contributed by atoms with Crippen molar-refractivity contribution in [3.05, 3.63) is 57.5 Å². The summed E-state index contributed by atoms with van der Waals surface area (Å²) in [5.41, 5.74) is 0.346. The quantitative estimate of drug-likeness (QED) is 0.350. The normalized spacial score (nSPS) is 10.3. The Hall–Kier alpha value is -2.09. The van der Waals surface area contributed by atoms with Crippen LogP contribution < -0.4 is 9.47 Å². The second-order valence-electron chi connectivity index (χ2n) is 4.99. The van der Waals surface area contributed by atoms with Crippen molar-refractivity contribution < 1.29 is 28.5 Å². The first kappa shape index (κ1) is 20.2. The lowest BCUT2D eigenvalue weighted by atomic mass is 10.2. The van der Waals surface area contributed by atoms with Crippen LogP contribution in [0.25, 0.3) is 0 Å². The van der Waals surface area contributed by atoms with Gasteiger partial charge in [-0.25, -0.2) is 9.59 Å². The lowest BCUT2D eigenvalue weighted by Gasteiger charge is -2.09. The lowest BCUT2D eigenvalue weighted by molar-refractivity contribution is -0.136. The molecule has 2 aromatic rings. The Kier molecular flexibility index (Phi) is 7.90. The van der Waals surface area contributed by atoms with Gasteiger partial charge in [0.25, 0.3) is 0 Å². The summed E-state index contributed by atoms with van der Waals surface area (Å²) in [6.45, 7) is 0.189. The molecule has 0 heterocycles. The van der Waals surface area contributed by atoms with Gasteiger partial charge in [0.15, 0.2) is 6.61 Å². The number of esters is 2. The molecular formula is C18H16BrClO6. The standard InChI is InChI=1S/C18H16BrClO6/c1-23-8-9-24-18(22)12-2-5-14(6-3-12)26-17(21)11-25-16-7-4-13(19)10-15(16)20/h2-7,10H,8-9,11H2,1H3. The molecule has 138 valence electrons. The molecule has 0 radical (unpaired) electrons. The number of ether oxygens (including phenoxy) is 4. The van der Waals surface area contributed by atoms with E-state index in [1.165, 1.54) is 31.4 Å². The first-order valence-corrected chi connectivity index (χ1v) is 8.71. The molecule has 0 unspecified atom stereocenters. The van der Waals surface area contributed by atoms with Gasteiger partial charge in [-0.05, 0) is 42.5 Å². The molecule has 0 atom stereocenters. The van der Waals surface area contributed by atoms with Crippen molar-refractivity contribution in [3.63, 3.8) is 0 Å². The van der Waals surface area contributed by atoms with Crippen LogP contribution in [0.3, 0.4) is 0 Å². The van der Waals surface area contributed by atoms with Gasteiger partial charge in [-0.2, -0.15) is 0 Å². The zero-order chi connectivity index (χ0) is 18.9. The molecular weight excluding hydrogens is 428 g/mol. The average molecular weight is 444 g/mol. The molecule has 0 aliphatic rings. The molecule has 0 aliphatic heterocycles. The van der Waals surface area contributed by atoms with Crippen molar-refractivity contribution in [2.45, 2.75) is 0 Å². The first-order chi connectivity index (χ1) is 12.5. The summed E-state index contributed by atoms with van der Waals surface area (Å²) in [6.07, 6.45) is 0. The van der Waals surface area contributed by atoms with E-state index in [2.05, 4.69) is 15.9 Å². The molecule has 6 nitrogen and oxygen atoms in total. The van der Waals surface area contributed by atoms with Crippen molar-refractivity contribution in [2.75, 3.05) is 26.9 Å². The number of hydrogen-bond acceptors (Lipinski definition) is 6. The minimum absolute atomic E-state index is 0.169. The zero-order valence-electron chi connectivity index (χ0n) is 13.9. The lowest BCUT2D eigenvalue weighted by Crippen LogP contribution is -2.18. The molecule has 0 saturated carbocycles.